The molecule has 0 unspecified atom stereocenters. The number of sulfonamides is 1. The van der Waals surface area contributed by atoms with Gasteiger partial charge in [-0.05, 0) is 42.0 Å². The van der Waals surface area contributed by atoms with Gasteiger partial charge in [0.1, 0.15) is 4.90 Å². The predicted octanol–water partition coefficient (Wildman–Crippen LogP) is 3.43. The van der Waals surface area contributed by atoms with E-state index in [2.05, 4.69) is 10.3 Å². The van der Waals surface area contributed by atoms with Crippen LogP contribution in [-0.4, -0.2) is 43.2 Å². The minimum Gasteiger partial charge on any atom is -0.355 e. The van der Waals surface area contributed by atoms with Gasteiger partial charge in [0.2, 0.25) is 15.9 Å². The Balaban J connectivity index is 1.37. The Labute approximate surface area is 189 Å². The average molecular weight is 450 g/mol. The van der Waals surface area contributed by atoms with Crippen molar-refractivity contribution in [2.75, 3.05) is 19.6 Å². The fourth-order valence-electron chi connectivity index (χ4n) is 4.14. The average Bonchev–Trinajstić information content (AvgIpc) is 2.85. The summed E-state index contributed by atoms with van der Waals surface area (Å²) in [5.74, 6) is -0.164. The molecule has 1 fully saturated rings. The van der Waals surface area contributed by atoms with E-state index in [9.17, 15) is 13.2 Å². The molecule has 1 amide bonds. The Hall–Kier alpha value is -3.03. The molecule has 0 bridgehead atoms. The first-order valence-electron chi connectivity index (χ1n) is 10.8. The van der Waals surface area contributed by atoms with Crippen molar-refractivity contribution in [2.45, 2.75) is 23.7 Å². The van der Waals surface area contributed by atoms with Crippen molar-refractivity contribution < 1.29 is 13.2 Å². The summed E-state index contributed by atoms with van der Waals surface area (Å²) in [5, 5.41) is 3.12. The van der Waals surface area contributed by atoms with E-state index in [-0.39, 0.29) is 22.6 Å². The van der Waals surface area contributed by atoms with Crippen LogP contribution in [0.5, 0.6) is 0 Å². The van der Waals surface area contributed by atoms with Gasteiger partial charge in [-0.1, -0.05) is 60.7 Å². The third-order valence-corrected chi connectivity index (χ3v) is 7.82. The Kier molecular flexibility index (Phi) is 6.97. The van der Waals surface area contributed by atoms with Gasteiger partial charge in [-0.2, -0.15) is 4.31 Å². The zero-order valence-electron chi connectivity index (χ0n) is 17.8. The Bertz CT molecular complexity index is 1080. The number of hydrogen-bond acceptors (Lipinski definition) is 4. The van der Waals surface area contributed by atoms with Gasteiger partial charge in [0.25, 0.3) is 0 Å². The molecule has 1 saturated heterocycles. The zero-order chi connectivity index (χ0) is 22.4. The van der Waals surface area contributed by atoms with Crippen LogP contribution in [0.15, 0.2) is 90.1 Å². The summed E-state index contributed by atoms with van der Waals surface area (Å²) >= 11 is 0. The molecule has 4 rings (SSSR count). The second kappa shape index (κ2) is 10.1. The summed E-state index contributed by atoms with van der Waals surface area (Å²) in [7, 11) is -3.52. The lowest BCUT2D eigenvalue weighted by atomic mass is 9.90. The van der Waals surface area contributed by atoms with E-state index in [1.807, 2.05) is 60.7 Å². The van der Waals surface area contributed by atoms with E-state index in [0.29, 0.717) is 32.5 Å². The maximum atomic E-state index is 13.2. The number of rotatable bonds is 7. The molecular formula is C25H27N3O3S. The number of amides is 1. The van der Waals surface area contributed by atoms with Crippen LogP contribution in [0.4, 0.5) is 0 Å². The van der Waals surface area contributed by atoms with E-state index in [1.54, 1.807) is 18.3 Å². The standard InChI is InChI=1S/C25H27N3O3S/c29-25(24(21-8-3-1-4-9-21)22-10-5-2-6-11-22)27-18-20-13-16-28(17-14-20)32(30,31)23-12-7-15-26-19-23/h1-12,15,19-20,24H,13-14,16-18H2,(H,27,29). The first kappa shape index (κ1) is 22.2. The molecule has 1 aliphatic rings. The fraction of sp³-hybridized carbons (Fsp3) is 0.280. The lowest BCUT2D eigenvalue weighted by molar-refractivity contribution is -0.121. The maximum Gasteiger partial charge on any atom is 0.244 e. The van der Waals surface area contributed by atoms with Crippen molar-refractivity contribution in [1.29, 1.82) is 0 Å². The van der Waals surface area contributed by atoms with E-state index in [4.69, 9.17) is 0 Å². The van der Waals surface area contributed by atoms with E-state index < -0.39 is 10.0 Å². The van der Waals surface area contributed by atoms with Crippen LogP contribution < -0.4 is 5.32 Å². The number of carbonyl (C=O) groups excluding carboxylic acids is 1. The SMILES string of the molecule is O=C(NCC1CCN(S(=O)(=O)c2cccnc2)CC1)C(c1ccccc1)c1ccccc1. The normalized spacial score (nSPS) is 15.5. The highest BCUT2D eigenvalue weighted by atomic mass is 32.2. The molecule has 6 nitrogen and oxygen atoms in total. The summed E-state index contributed by atoms with van der Waals surface area (Å²) in [6.07, 6.45) is 4.36. The fourth-order valence-corrected chi connectivity index (χ4v) is 5.57. The van der Waals surface area contributed by atoms with Crippen molar-refractivity contribution >= 4 is 15.9 Å². The van der Waals surface area contributed by atoms with Crippen molar-refractivity contribution in [3.05, 3.63) is 96.3 Å². The van der Waals surface area contributed by atoms with Crippen LogP contribution in [0.2, 0.25) is 0 Å². The lowest BCUT2D eigenvalue weighted by Gasteiger charge is -2.31. The minimum absolute atomic E-state index is 0.0344. The molecule has 0 atom stereocenters. The largest absolute Gasteiger partial charge is 0.355 e. The van der Waals surface area contributed by atoms with Gasteiger partial charge in [-0.15, -0.1) is 0 Å². The second-order valence-electron chi connectivity index (χ2n) is 8.04. The van der Waals surface area contributed by atoms with Crippen LogP contribution in [0.25, 0.3) is 0 Å². The van der Waals surface area contributed by atoms with Crippen LogP contribution >= 0.6 is 0 Å². The molecule has 166 valence electrons. The zero-order valence-corrected chi connectivity index (χ0v) is 18.6. The summed E-state index contributed by atoms with van der Waals surface area (Å²) in [6, 6.07) is 22.7. The topological polar surface area (TPSA) is 79.4 Å². The highest BCUT2D eigenvalue weighted by Crippen LogP contribution is 2.26. The van der Waals surface area contributed by atoms with E-state index >= 15 is 0 Å². The smallest absolute Gasteiger partial charge is 0.244 e. The summed E-state index contributed by atoms with van der Waals surface area (Å²) < 4.78 is 27.1. The molecule has 7 heteroatoms. The Morgan fingerprint density at radius 1 is 0.938 bits per heavy atom. The van der Waals surface area contributed by atoms with Gasteiger partial charge < -0.3 is 5.32 Å². The van der Waals surface area contributed by atoms with Gasteiger partial charge >= 0.3 is 0 Å². The lowest BCUT2D eigenvalue weighted by Crippen LogP contribution is -2.42. The Morgan fingerprint density at radius 3 is 2.06 bits per heavy atom. The molecule has 0 saturated carbocycles. The van der Waals surface area contributed by atoms with Crippen LogP contribution in [0, 0.1) is 5.92 Å². The number of hydrogen-bond donors (Lipinski definition) is 1. The predicted molar refractivity (Wildman–Crippen MR) is 123 cm³/mol. The highest BCUT2D eigenvalue weighted by Gasteiger charge is 2.30. The summed E-state index contributed by atoms with van der Waals surface area (Å²) in [5.41, 5.74) is 1.90. The van der Waals surface area contributed by atoms with Gasteiger partial charge in [0.05, 0.1) is 5.92 Å². The Morgan fingerprint density at radius 2 is 1.53 bits per heavy atom. The first-order chi connectivity index (χ1) is 15.6. The van der Waals surface area contributed by atoms with Crippen molar-refractivity contribution in [3.63, 3.8) is 0 Å². The number of benzene rings is 2. The molecule has 32 heavy (non-hydrogen) atoms. The van der Waals surface area contributed by atoms with Gasteiger partial charge in [-0.3, -0.25) is 9.78 Å². The number of piperidine rings is 1. The second-order valence-corrected chi connectivity index (χ2v) is 9.97. The van der Waals surface area contributed by atoms with E-state index in [1.165, 1.54) is 10.5 Å². The number of aromatic nitrogens is 1. The molecule has 3 aromatic rings. The van der Waals surface area contributed by atoms with Crippen molar-refractivity contribution in [3.8, 4) is 0 Å². The molecule has 2 heterocycles. The molecule has 2 aromatic carbocycles. The highest BCUT2D eigenvalue weighted by molar-refractivity contribution is 7.89. The van der Waals surface area contributed by atoms with Crippen molar-refractivity contribution in [1.82, 2.24) is 14.6 Å². The minimum atomic E-state index is -3.52. The number of pyridine rings is 1. The summed E-state index contributed by atoms with van der Waals surface area (Å²) in [4.78, 5) is 17.3. The molecule has 1 aromatic heterocycles. The van der Waals surface area contributed by atoms with Gasteiger partial charge in [-0.25, -0.2) is 8.42 Å². The van der Waals surface area contributed by atoms with Crippen LogP contribution in [0.1, 0.15) is 29.9 Å². The molecule has 0 radical (unpaired) electrons. The summed E-state index contributed by atoms with van der Waals surface area (Å²) in [6.45, 7) is 1.42. The number of nitrogens with one attached hydrogen (secondary N) is 1. The molecule has 1 aliphatic heterocycles. The third kappa shape index (κ3) is 5.06. The quantitative estimate of drug-likeness (QED) is 0.599. The monoisotopic (exact) mass is 449 g/mol. The van der Waals surface area contributed by atoms with Crippen molar-refractivity contribution in [2.24, 2.45) is 5.92 Å². The number of carbonyl (C=O) groups is 1. The number of nitrogens with zero attached hydrogens (tertiary/aromatic N) is 2. The molecule has 1 N–H and O–H groups in total. The third-order valence-electron chi connectivity index (χ3n) is 5.94. The molecular weight excluding hydrogens is 422 g/mol. The maximum absolute atomic E-state index is 13.2. The van der Waals surface area contributed by atoms with Crippen LogP contribution in [-0.2, 0) is 14.8 Å². The molecule has 0 spiro atoms. The van der Waals surface area contributed by atoms with Gasteiger partial charge in [0.15, 0.2) is 0 Å². The molecule has 0 aliphatic carbocycles. The van der Waals surface area contributed by atoms with Crippen LogP contribution in [0.3, 0.4) is 0 Å². The van der Waals surface area contributed by atoms with Gasteiger partial charge in [0, 0.05) is 32.0 Å². The first-order valence-corrected chi connectivity index (χ1v) is 12.3. The van der Waals surface area contributed by atoms with E-state index in [0.717, 1.165) is 11.1 Å².